The van der Waals surface area contributed by atoms with Gasteiger partial charge in [0.25, 0.3) is 0 Å². The first-order valence-corrected chi connectivity index (χ1v) is 19.2. The maximum absolute atomic E-state index is 9.29. The standard InChI is InChI=1S/C53H31N5O/c54-32-34-11-15-36(16-12-34)38-19-21-40(22-20-38)45-29-47(41-25-23-39(24-26-41)37-17-13-35(33-55)14-18-37)50-48(30-45)46-28-27-44(31-49(46)59-50)53-57-51(42-7-3-1-4-8-42)56-52(58-53)43-9-5-2-6-10-43/h1-31H. The fourth-order valence-electron chi connectivity index (χ4n) is 7.51. The lowest BCUT2D eigenvalue weighted by atomic mass is 9.93. The highest BCUT2D eigenvalue weighted by molar-refractivity contribution is 6.12. The predicted molar refractivity (Wildman–Crippen MR) is 235 cm³/mol. The van der Waals surface area contributed by atoms with Crippen molar-refractivity contribution < 1.29 is 4.42 Å². The number of nitriles is 2. The Kier molecular flexibility index (Phi) is 8.84. The van der Waals surface area contributed by atoms with Gasteiger partial charge in [-0.25, -0.2) is 15.0 Å². The summed E-state index contributed by atoms with van der Waals surface area (Å²) in [7, 11) is 0. The Hall–Kier alpha value is -8.45. The van der Waals surface area contributed by atoms with Crippen molar-refractivity contribution in [1.29, 1.82) is 10.5 Å². The van der Waals surface area contributed by atoms with Crippen LogP contribution in [0, 0.1) is 22.7 Å². The van der Waals surface area contributed by atoms with Crippen molar-refractivity contribution >= 4 is 21.9 Å². The molecule has 10 aromatic rings. The van der Waals surface area contributed by atoms with E-state index in [9.17, 15) is 10.5 Å². The molecule has 0 fully saturated rings. The average molecular weight is 754 g/mol. The maximum Gasteiger partial charge on any atom is 0.164 e. The molecule has 0 aliphatic rings. The van der Waals surface area contributed by atoms with Crippen LogP contribution in [0.5, 0.6) is 0 Å². The van der Waals surface area contributed by atoms with Crippen LogP contribution in [0.15, 0.2) is 192 Å². The molecule has 0 radical (unpaired) electrons. The van der Waals surface area contributed by atoms with Gasteiger partial charge in [0.05, 0.1) is 23.3 Å². The van der Waals surface area contributed by atoms with E-state index in [2.05, 4.69) is 84.9 Å². The first kappa shape index (κ1) is 35.0. The van der Waals surface area contributed by atoms with Crippen LogP contribution >= 0.6 is 0 Å². The smallest absolute Gasteiger partial charge is 0.164 e. The Morgan fingerprint density at radius 2 is 0.746 bits per heavy atom. The van der Waals surface area contributed by atoms with E-state index in [1.54, 1.807) is 0 Å². The van der Waals surface area contributed by atoms with Crippen molar-refractivity contribution in [2.45, 2.75) is 0 Å². The van der Waals surface area contributed by atoms with Crippen molar-refractivity contribution in [3.8, 4) is 90.8 Å². The van der Waals surface area contributed by atoms with Gasteiger partial charge in [0.1, 0.15) is 11.2 Å². The molecule has 6 nitrogen and oxygen atoms in total. The average Bonchev–Trinajstić information content (AvgIpc) is 3.70. The van der Waals surface area contributed by atoms with Crippen LogP contribution in [-0.2, 0) is 0 Å². The van der Waals surface area contributed by atoms with Gasteiger partial charge in [-0.05, 0) is 87.5 Å². The summed E-state index contributed by atoms with van der Waals surface area (Å²) in [5, 5.41) is 20.5. The van der Waals surface area contributed by atoms with Crippen molar-refractivity contribution in [1.82, 2.24) is 15.0 Å². The highest BCUT2D eigenvalue weighted by Gasteiger charge is 2.18. The van der Waals surface area contributed by atoms with Gasteiger partial charge in [0.15, 0.2) is 17.5 Å². The van der Waals surface area contributed by atoms with Crippen molar-refractivity contribution in [2.24, 2.45) is 0 Å². The van der Waals surface area contributed by atoms with Crippen LogP contribution in [0.3, 0.4) is 0 Å². The van der Waals surface area contributed by atoms with Crippen LogP contribution < -0.4 is 0 Å². The number of fused-ring (bicyclic) bond motifs is 3. The van der Waals surface area contributed by atoms with E-state index in [0.717, 1.165) is 83.1 Å². The third-order valence-corrected chi connectivity index (χ3v) is 10.6. The minimum atomic E-state index is 0.557. The molecule has 0 aliphatic carbocycles. The molecule has 0 unspecified atom stereocenters. The maximum atomic E-state index is 9.29. The molecule has 0 bridgehead atoms. The van der Waals surface area contributed by atoms with Gasteiger partial charge in [-0.1, -0.05) is 140 Å². The number of furan rings is 1. The lowest BCUT2D eigenvalue weighted by molar-refractivity contribution is 0.670. The lowest BCUT2D eigenvalue weighted by Crippen LogP contribution is -2.00. The first-order valence-electron chi connectivity index (χ1n) is 19.2. The molecule has 8 aromatic carbocycles. The van der Waals surface area contributed by atoms with Gasteiger partial charge in [0, 0.05) is 33.0 Å². The first-order chi connectivity index (χ1) is 29.1. The van der Waals surface area contributed by atoms with Crippen LogP contribution in [0.1, 0.15) is 11.1 Å². The highest BCUT2D eigenvalue weighted by Crippen LogP contribution is 2.41. The van der Waals surface area contributed by atoms with E-state index >= 15 is 0 Å². The Morgan fingerprint density at radius 1 is 0.339 bits per heavy atom. The second-order valence-corrected chi connectivity index (χ2v) is 14.3. The summed E-state index contributed by atoms with van der Waals surface area (Å²) in [6.07, 6.45) is 0. The largest absolute Gasteiger partial charge is 0.455 e. The monoisotopic (exact) mass is 753 g/mol. The van der Waals surface area contributed by atoms with Gasteiger partial charge < -0.3 is 4.42 Å². The molecular weight excluding hydrogens is 723 g/mol. The van der Waals surface area contributed by atoms with Gasteiger partial charge >= 0.3 is 0 Å². The summed E-state index contributed by atoms with van der Waals surface area (Å²) in [5.74, 6) is 1.75. The second kappa shape index (κ2) is 14.9. The number of nitrogens with zero attached hydrogens (tertiary/aromatic N) is 5. The Labute approximate surface area is 340 Å². The van der Waals surface area contributed by atoms with Crippen LogP contribution in [0.2, 0.25) is 0 Å². The summed E-state index contributed by atoms with van der Waals surface area (Å²) >= 11 is 0. The van der Waals surface area contributed by atoms with Crippen LogP contribution in [0.4, 0.5) is 0 Å². The van der Waals surface area contributed by atoms with Gasteiger partial charge in [-0.2, -0.15) is 10.5 Å². The predicted octanol–water partition coefficient (Wildman–Crippen LogP) is 13.2. The molecule has 2 heterocycles. The Balaban J connectivity index is 1.11. The van der Waals surface area contributed by atoms with E-state index in [1.165, 1.54) is 0 Å². The molecule has 6 heteroatoms. The van der Waals surface area contributed by atoms with E-state index in [-0.39, 0.29) is 0 Å². The topological polar surface area (TPSA) is 99.4 Å². The Bertz CT molecular complexity index is 3180. The summed E-state index contributed by atoms with van der Waals surface area (Å²) in [6, 6.07) is 67.2. The minimum Gasteiger partial charge on any atom is -0.455 e. The fourth-order valence-corrected chi connectivity index (χ4v) is 7.51. The van der Waals surface area contributed by atoms with Gasteiger partial charge in [-0.15, -0.1) is 0 Å². The summed E-state index contributed by atoms with van der Waals surface area (Å²) in [6.45, 7) is 0. The summed E-state index contributed by atoms with van der Waals surface area (Å²) in [5.41, 5.74) is 13.7. The Morgan fingerprint density at radius 3 is 1.22 bits per heavy atom. The molecule has 274 valence electrons. The van der Waals surface area contributed by atoms with Crippen molar-refractivity contribution in [3.63, 3.8) is 0 Å². The zero-order valence-corrected chi connectivity index (χ0v) is 31.5. The van der Waals surface area contributed by atoms with Crippen molar-refractivity contribution in [2.75, 3.05) is 0 Å². The molecular formula is C53H31N5O. The molecule has 0 aliphatic heterocycles. The number of benzene rings is 8. The number of hydrogen-bond donors (Lipinski definition) is 0. The van der Waals surface area contributed by atoms with Gasteiger partial charge in [-0.3, -0.25) is 0 Å². The highest BCUT2D eigenvalue weighted by atomic mass is 16.3. The zero-order chi connectivity index (χ0) is 39.7. The summed E-state index contributed by atoms with van der Waals surface area (Å²) in [4.78, 5) is 14.8. The quantitative estimate of drug-likeness (QED) is 0.161. The minimum absolute atomic E-state index is 0.557. The van der Waals surface area contributed by atoms with E-state index in [4.69, 9.17) is 19.4 Å². The molecule has 0 saturated carbocycles. The van der Waals surface area contributed by atoms with Gasteiger partial charge in [0.2, 0.25) is 0 Å². The fraction of sp³-hybridized carbons (Fsp3) is 0. The normalized spacial score (nSPS) is 11.0. The van der Waals surface area contributed by atoms with E-state index < -0.39 is 0 Å². The molecule has 0 spiro atoms. The molecule has 0 amide bonds. The SMILES string of the molecule is N#Cc1ccc(-c2ccc(-c3cc(-c4ccc(-c5ccc(C#N)cc5)cc4)c4oc5cc(-c6nc(-c7ccccc7)nc(-c7ccccc7)n6)ccc5c4c3)cc2)cc1. The van der Waals surface area contributed by atoms with Crippen molar-refractivity contribution in [3.05, 3.63) is 199 Å². The zero-order valence-electron chi connectivity index (χ0n) is 31.5. The lowest BCUT2D eigenvalue weighted by Gasteiger charge is -2.10. The van der Waals surface area contributed by atoms with Crippen LogP contribution in [0.25, 0.3) is 101 Å². The summed E-state index contributed by atoms with van der Waals surface area (Å²) < 4.78 is 6.83. The number of hydrogen-bond acceptors (Lipinski definition) is 6. The third kappa shape index (κ3) is 6.78. The van der Waals surface area contributed by atoms with E-state index in [1.807, 2.05) is 115 Å². The molecule has 0 N–H and O–H groups in total. The molecule has 0 saturated heterocycles. The second-order valence-electron chi connectivity index (χ2n) is 14.3. The van der Waals surface area contributed by atoms with Crippen LogP contribution in [-0.4, -0.2) is 15.0 Å². The van der Waals surface area contributed by atoms with E-state index in [0.29, 0.717) is 28.6 Å². The third-order valence-electron chi connectivity index (χ3n) is 10.6. The number of aromatic nitrogens is 3. The number of rotatable bonds is 7. The molecule has 2 aromatic heterocycles. The molecule has 59 heavy (non-hydrogen) atoms. The molecule has 0 atom stereocenters. The molecule has 10 rings (SSSR count).